The Kier molecular flexibility index (Phi) is 10.9. The molecule has 7 nitrogen and oxygen atoms in total. The zero-order valence-corrected chi connectivity index (χ0v) is 26.0. The maximum atomic E-state index is 15.0. The molecule has 4 aromatic carbocycles. The summed E-state index contributed by atoms with van der Waals surface area (Å²) in [4.78, 5) is 29.4. The van der Waals surface area contributed by atoms with Crippen molar-refractivity contribution in [2.24, 2.45) is 5.92 Å². The minimum Gasteiger partial charge on any atom is -0.354 e. The molecule has 1 unspecified atom stereocenters. The van der Waals surface area contributed by atoms with Crippen molar-refractivity contribution in [2.75, 3.05) is 17.4 Å². The molecule has 0 saturated heterocycles. The number of carbonyl (C=O) groups is 2. The van der Waals surface area contributed by atoms with E-state index in [9.17, 15) is 22.4 Å². The molecular weight excluding hydrogens is 577 g/mol. The molecule has 0 saturated carbocycles. The van der Waals surface area contributed by atoms with Gasteiger partial charge in [-0.1, -0.05) is 98.3 Å². The van der Waals surface area contributed by atoms with Crippen molar-refractivity contribution >= 4 is 27.5 Å². The summed E-state index contributed by atoms with van der Waals surface area (Å²) in [5.41, 5.74) is 2.19. The maximum Gasteiger partial charge on any atom is 0.264 e. The fourth-order valence-corrected chi connectivity index (χ4v) is 6.16. The molecule has 0 aromatic heterocycles. The van der Waals surface area contributed by atoms with E-state index in [-0.39, 0.29) is 35.0 Å². The average Bonchev–Trinajstić information content (AvgIpc) is 3.02. The van der Waals surface area contributed by atoms with Gasteiger partial charge in [0.1, 0.15) is 18.4 Å². The van der Waals surface area contributed by atoms with Crippen molar-refractivity contribution in [1.29, 1.82) is 0 Å². The summed E-state index contributed by atoms with van der Waals surface area (Å²) >= 11 is 0. The fourth-order valence-electron chi connectivity index (χ4n) is 4.75. The Balaban J connectivity index is 1.79. The van der Waals surface area contributed by atoms with Crippen molar-refractivity contribution in [2.45, 2.75) is 44.7 Å². The van der Waals surface area contributed by atoms with Gasteiger partial charge in [0.05, 0.1) is 10.6 Å². The number of anilines is 1. The molecule has 1 N–H and O–H groups in total. The molecule has 0 radical (unpaired) electrons. The highest BCUT2D eigenvalue weighted by molar-refractivity contribution is 7.92. The highest BCUT2D eigenvalue weighted by Gasteiger charge is 2.35. The van der Waals surface area contributed by atoms with E-state index in [1.807, 2.05) is 51.1 Å². The summed E-state index contributed by atoms with van der Waals surface area (Å²) in [6.45, 7) is 5.32. The van der Waals surface area contributed by atoms with Gasteiger partial charge < -0.3 is 10.2 Å². The first-order valence-electron chi connectivity index (χ1n) is 14.5. The second-order valence-electron chi connectivity index (χ2n) is 11.1. The van der Waals surface area contributed by atoms with E-state index in [4.69, 9.17) is 0 Å². The number of nitrogens with zero attached hydrogens (tertiary/aromatic N) is 2. The monoisotopic (exact) mass is 615 g/mol. The number of nitrogens with one attached hydrogen (secondary N) is 1. The van der Waals surface area contributed by atoms with Gasteiger partial charge in [0.25, 0.3) is 10.0 Å². The third-order valence-corrected chi connectivity index (χ3v) is 8.97. The maximum absolute atomic E-state index is 15.0. The van der Waals surface area contributed by atoms with Crippen LogP contribution in [0, 0.1) is 18.7 Å². The molecule has 9 heteroatoms. The molecule has 2 amide bonds. The van der Waals surface area contributed by atoms with Gasteiger partial charge >= 0.3 is 0 Å². The van der Waals surface area contributed by atoms with E-state index in [2.05, 4.69) is 5.32 Å². The van der Waals surface area contributed by atoms with Crippen LogP contribution in [-0.2, 0) is 32.6 Å². The average molecular weight is 616 g/mol. The molecule has 0 spiro atoms. The second kappa shape index (κ2) is 14.8. The molecular formula is C35H38FN3O4S. The minimum absolute atomic E-state index is 0.0240. The Labute approximate surface area is 259 Å². The molecule has 0 fully saturated rings. The van der Waals surface area contributed by atoms with E-state index in [0.29, 0.717) is 6.54 Å². The van der Waals surface area contributed by atoms with Crippen LogP contribution in [0.5, 0.6) is 0 Å². The Morgan fingerprint density at radius 1 is 0.818 bits per heavy atom. The summed E-state index contributed by atoms with van der Waals surface area (Å²) in [6, 6.07) is 29.0. The number of halogens is 1. The molecule has 1 atom stereocenters. The molecule has 0 aliphatic rings. The molecule has 0 aliphatic carbocycles. The van der Waals surface area contributed by atoms with Gasteiger partial charge in [-0.3, -0.25) is 13.9 Å². The van der Waals surface area contributed by atoms with Crippen LogP contribution < -0.4 is 9.62 Å². The van der Waals surface area contributed by atoms with Crippen molar-refractivity contribution in [3.63, 3.8) is 0 Å². The van der Waals surface area contributed by atoms with E-state index in [1.54, 1.807) is 60.7 Å². The van der Waals surface area contributed by atoms with Crippen molar-refractivity contribution in [1.82, 2.24) is 10.2 Å². The number of para-hydroxylation sites is 1. The Morgan fingerprint density at radius 3 is 2.02 bits per heavy atom. The smallest absolute Gasteiger partial charge is 0.264 e. The first-order valence-corrected chi connectivity index (χ1v) is 16.0. The molecule has 4 rings (SSSR count). The highest BCUT2D eigenvalue weighted by Crippen LogP contribution is 2.25. The van der Waals surface area contributed by atoms with E-state index < -0.39 is 40.2 Å². The van der Waals surface area contributed by atoms with Crippen molar-refractivity contribution in [3.05, 3.63) is 132 Å². The largest absolute Gasteiger partial charge is 0.354 e. The number of amides is 2. The number of carbonyl (C=O) groups excluding carboxylic acids is 2. The third kappa shape index (κ3) is 8.32. The van der Waals surface area contributed by atoms with Crippen LogP contribution in [0.4, 0.5) is 10.1 Å². The zero-order valence-electron chi connectivity index (χ0n) is 25.2. The number of benzene rings is 4. The lowest BCUT2D eigenvalue weighted by Crippen LogP contribution is -2.53. The summed E-state index contributed by atoms with van der Waals surface area (Å²) in [5.74, 6) is -1.42. The summed E-state index contributed by atoms with van der Waals surface area (Å²) in [5, 5.41) is 2.93. The first kappa shape index (κ1) is 32.4. The number of hydrogen-bond acceptors (Lipinski definition) is 4. The Bertz CT molecular complexity index is 1650. The van der Waals surface area contributed by atoms with Crippen molar-refractivity contribution < 1.29 is 22.4 Å². The van der Waals surface area contributed by atoms with Crippen LogP contribution in [0.1, 0.15) is 30.5 Å². The van der Waals surface area contributed by atoms with Crippen LogP contribution in [-0.4, -0.2) is 44.3 Å². The summed E-state index contributed by atoms with van der Waals surface area (Å²) in [7, 11) is -4.20. The van der Waals surface area contributed by atoms with Gasteiger partial charge in [-0.25, -0.2) is 12.8 Å². The molecule has 230 valence electrons. The molecule has 4 aromatic rings. The molecule has 0 heterocycles. The Hall–Kier alpha value is -4.50. The number of aryl methyl sites for hydroxylation is 1. The predicted octanol–water partition coefficient (Wildman–Crippen LogP) is 5.74. The number of hydrogen-bond donors (Lipinski definition) is 1. The van der Waals surface area contributed by atoms with Crippen LogP contribution in [0.2, 0.25) is 0 Å². The lowest BCUT2D eigenvalue weighted by Gasteiger charge is -2.34. The molecule has 44 heavy (non-hydrogen) atoms. The van der Waals surface area contributed by atoms with Gasteiger partial charge in [0, 0.05) is 25.1 Å². The standard InChI is InChI=1S/C35H38FN3O4S/c1-26(2)23-37-35(41)33(22-28-12-6-4-7-13-28)38(24-29-14-10-11-17-32(29)36)34(40)25-39(30-15-8-5-9-16-30)44(42,43)31-20-18-27(3)19-21-31/h4-21,26,33H,22-25H2,1-3H3,(H,37,41). The van der Waals surface area contributed by atoms with Gasteiger partial charge in [0.15, 0.2) is 0 Å². The van der Waals surface area contributed by atoms with Crippen LogP contribution >= 0.6 is 0 Å². The second-order valence-corrected chi connectivity index (χ2v) is 13.0. The SMILES string of the molecule is Cc1ccc(S(=O)(=O)N(CC(=O)N(Cc2ccccc2F)C(Cc2ccccc2)C(=O)NCC(C)C)c2ccccc2)cc1. The number of rotatable bonds is 13. The first-order chi connectivity index (χ1) is 21.1. The summed E-state index contributed by atoms with van der Waals surface area (Å²) in [6.07, 6.45) is 0.154. The minimum atomic E-state index is -4.20. The van der Waals surface area contributed by atoms with Gasteiger partial charge in [-0.2, -0.15) is 0 Å². The van der Waals surface area contributed by atoms with Crippen LogP contribution in [0.25, 0.3) is 0 Å². The predicted molar refractivity (Wildman–Crippen MR) is 171 cm³/mol. The van der Waals surface area contributed by atoms with Gasteiger partial charge in [-0.15, -0.1) is 0 Å². The van der Waals surface area contributed by atoms with E-state index in [0.717, 1.165) is 15.4 Å². The van der Waals surface area contributed by atoms with Gasteiger partial charge in [0.2, 0.25) is 11.8 Å². The van der Waals surface area contributed by atoms with Crippen LogP contribution in [0.3, 0.4) is 0 Å². The quantitative estimate of drug-likeness (QED) is 0.208. The molecule has 0 aliphatic heterocycles. The number of sulfonamides is 1. The fraction of sp³-hybridized carbons (Fsp3) is 0.257. The van der Waals surface area contributed by atoms with E-state index >= 15 is 0 Å². The highest BCUT2D eigenvalue weighted by atomic mass is 32.2. The lowest BCUT2D eigenvalue weighted by atomic mass is 10.0. The zero-order chi connectivity index (χ0) is 31.7. The lowest BCUT2D eigenvalue weighted by molar-refractivity contribution is -0.140. The third-order valence-electron chi connectivity index (χ3n) is 7.19. The van der Waals surface area contributed by atoms with Crippen molar-refractivity contribution in [3.8, 4) is 0 Å². The topological polar surface area (TPSA) is 86.8 Å². The Morgan fingerprint density at radius 2 is 1.41 bits per heavy atom. The van der Waals surface area contributed by atoms with E-state index in [1.165, 1.54) is 23.1 Å². The summed E-state index contributed by atoms with van der Waals surface area (Å²) < 4.78 is 44.0. The van der Waals surface area contributed by atoms with Gasteiger partial charge in [-0.05, 0) is 48.7 Å². The molecule has 0 bridgehead atoms. The van der Waals surface area contributed by atoms with Crippen LogP contribution in [0.15, 0.2) is 114 Å². The normalized spacial score (nSPS) is 12.0.